The predicted octanol–water partition coefficient (Wildman–Crippen LogP) is -0.938. The van der Waals surface area contributed by atoms with E-state index in [2.05, 4.69) is 10.6 Å². The number of aliphatic carboxylic acids is 1. The van der Waals surface area contributed by atoms with Gasteiger partial charge in [-0.1, -0.05) is 27.7 Å². The third-order valence-electron chi connectivity index (χ3n) is 3.29. The molecule has 0 aliphatic heterocycles. The van der Waals surface area contributed by atoms with Gasteiger partial charge in [-0.05, 0) is 11.8 Å². The number of carbonyl (C=O) groups is 3. The van der Waals surface area contributed by atoms with Gasteiger partial charge >= 0.3 is 5.97 Å². The number of nitrogens with one attached hydrogen (secondary N) is 2. The third-order valence-corrected chi connectivity index (χ3v) is 3.29. The van der Waals surface area contributed by atoms with Crippen molar-refractivity contribution in [1.82, 2.24) is 10.6 Å². The topological polar surface area (TPSA) is 142 Å². The molecule has 0 unspecified atom stereocenters. The summed E-state index contributed by atoms with van der Waals surface area (Å²) in [6.45, 7) is 7.24. The molecule has 0 heterocycles. The summed E-state index contributed by atoms with van der Waals surface area (Å²) in [5, 5.41) is 22.9. The maximum absolute atomic E-state index is 12.1. The van der Waals surface area contributed by atoms with Gasteiger partial charge in [0.2, 0.25) is 11.8 Å². The first-order valence-corrected chi connectivity index (χ1v) is 7.29. The summed E-state index contributed by atoms with van der Waals surface area (Å²) in [7, 11) is 0. The lowest BCUT2D eigenvalue weighted by Gasteiger charge is -2.28. The van der Waals surface area contributed by atoms with Crippen molar-refractivity contribution in [2.45, 2.75) is 52.2 Å². The maximum Gasteiger partial charge on any atom is 0.305 e. The number of carbonyl (C=O) groups excluding carboxylic acids is 2. The molecule has 0 saturated heterocycles. The number of aliphatic hydroxyl groups excluding tert-OH is 1. The van der Waals surface area contributed by atoms with E-state index in [0.29, 0.717) is 0 Å². The molecule has 0 rings (SSSR count). The van der Waals surface area contributed by atoms with Crippen LogP contribution >= 0.6 is 0 Å². The fourth-order valence-electron chi connectivity index (χ4n) is 2.12. The van der Waals surface area contributed by atoms with Gasteiger partial charge in [0.15, 0.2) is 0 Å². The predicted molar refractivity (Wildman–Crippen MR) is 80.9 cm³/mol. The van der Waals surface area contributed by atoms with Crippen molar-refractivity contribution < 1.29 is 24.6 Å². The van der Waals surface area contributed by atoms with Crippen molar-refractivity contribution in [1.29, 1.82) is 0 Å². The van der Waals surface area contributed by atoms with Gasteiger partial charge in [0.1, 0.15) is 6.04 Å². The monoisotopic (exact) mass is 317 g/mol. The van der Waals surface area contributed by atoms with Crippen LogP contribution in [0.2, 0.25) is 0 Å². The lowest BCUT2D eigenvalue weighted by atomic mass is 9.93. The van der Waals surface area contributed by atoms with Crippen LogP contribution < -0.4 is 16.4 Å². The number of carboxylic acids is 1. The van der Waals surface area contributed by atoms with Crippen molar-refractivity contribution >= 4 is 17.8 Å². The highest BCUT2D eigenvalue weighted by Gasteiger charge is 2.27. The minimum absolute atomic E-state index is 0.105. The Morgan fingerprint density at radius 3 is 1.86 bits per heavy atom. The van der Waals surface area contributed by atoms with E-state index in [4.69, 9.17) is 10.8 Å². The van der Waals surface area contributed by atoms with Crippen LogP contribution in [0, 0.1) is 11.8 Å². The molecule has 0 aromatic carbocycles. The minimum atomic E-state index is -1.27. The fourth-order valence-corrected chi connectivity index (χ4v) is 2.12. The van der Waals surface area contributed by atoms with E-state index in [1.54, 1.807) is 0 Å². The molecular weight excluding hydrogens is 290 g/mol. The molecule has 0 aromatic heterocycles. The second kappa shape index (κ2) is 9.37. The molecule has 0 saturated carbocycles. The Morgan fingerprint density at radius 1 is 1.00 bits per heavy atom. The summed E-state index contributed by atoms with van der Waals surface area (Å²) in [5.41, 5.74) is 5.41. The minimum Gasteiger partial charge on any atom is -0.481 e. The Hall–Kier alpha value is -1.67. The van der Waals surface area contributed by atoms with Gasteiger partial charge in [0.05, 0.1) is 19.1 Å². The van der Waals surface area contributed by atoms with Gasteiger partial charge in [-0.3, -0.25) is 14.4 Å². The Balaban J connectivity index is 4.72. The molecule has 0 aliphatic rings. The van der Waals surface area contributed by atoms with Crippen molar-refractivity contribution in [2.24, 2.45) is 17.6 Å². The van der Waals surface area contributed by atoms with Crippen molar-refractivity contribution in [3.8, 4) is 0 Å². The Labute approximate surface area is 130 Å². The average molecular weight is 317 g/mol. The van der Waals surface area contributed by atoms with Crippen molar-refractivity contribution in [2.75, 3.05) is 6.61 Å². The summed E-state index contributed by atoms with van der Waals surface area (Å²) >= 11 is 0. The average Bonchev–Trinajstić information content (AvgIpc) is 2.39. The zero-order chi connectivity index (χ0) is 17.4. The number of aliphatic hydroxyl groups is 1. The summed E-state index contributed by atoms with van der Waals surface area (Å²) < 4.78 is 0. The number of carboxylic acid groups (broad SMARTS) is 1. The molecule has 128 valence electrons. The first-order valence-electron chi connectivity index (χ1n) is 7.29. The number of rotatable bonds is 9. The van der Waals surface area contributed by atoms with Gasteiger partial charge in [-0.15, -0.1) is 0 Å². The number of amides is 2. The zero-order valence-corrected chi connectivity index (χ0v) is 13.5. The normalized spacial score (nSPS) is 14.0. The summed E-state index contributed by atoms with van der Waals surface area (Å²) in [4.78, 5) is 34.4. The molecule has 8 nitrogen and oxygen atoms in total. The highest BCUT2D eigenvalue weighted by molar-refractivity contribution is 5.91. The summed E-state index contributed by atoms with van der Waals surface area (Å²) in [6.07, 6.45) is -0.549. The first-order chi connectivity index (χ1) is 10.1. The van der Waals surface area contributed by atoms with Crippen LogP contribution in [0.1, 0.15) is 34.1 Å². The maximum atomic E-state index is 12.1. The zero-order valence-electron chi connectivity index (χ0n) is 13.5. The molecule has 6 N–H and O–H groups in total. The summed E-state index contributed by atoms with van der Waals surface area (Å²) in [5.74, 6) is -2.15. The van der Waals surface area contributed by atoms with Crippen LogP contribution in [0.25, 0.3) is 0 Å². The highest BCUT2D eigenvalue weighted by atomic mass is 16.4. The van der Waals surface area contributed by atoms with E-state index < -0.39 is 42.9 Å². The molecule has 0 spiro atoms. The smallest absolute Gasteiger partial charge is 0.305 e. The first kappa shape index (κ1) is 20.3. The van der Waals surface area contributed by atoms with E-state index in [1.165, 1.54) is 0 Å². The molecule has 0 radical (unpaired) electrons. The van der Waals surface area contributed by atoms with Crippen LogP contribution in [0.15, 0.2) is 0 Å². The molecule has 0 aliphatic carbocycles. The van der Waals surface area contributed by atoms with Crippen LogP contribution in [0.5, 0.6) is 0 Å². The van der Waals surface area contributed by atoms with E-state index in [-0.39, 0.29) is 17.9 Å². The Bertz CT molecular complexity index is 390. The van der Waals surface area contributed by atoms with Gasteiger partial charge in [0.25, 0.3) is 0 Å². The molecule has 8 heteroatoms. The second-order valence-electron chi connectivity index (χ2n) is 5.97. The van der Waals surface area contributed by atoms with Crippen LogP contribution in [-0.4, -0.2) is 52.7 Å². The SMILES string of the molecule is CC(C)C(NC(=O)[C@@H](CO)NC(=O)[C@@H](N)CC(=O)O)C(C)C. The molecule has 0 bridgehead atoms. The van der Waals surface area contributed by atoms with Gasteiger partial charge in [-0.2, -0.15) is 0 Å². The van der Waals surface area contributed by atoms with E-state index in [9.17, 15) is 19.5 Å². The Kier molecular flexibility index (Phi) is 8.66. The van der Waals surface area contributed by atoms with E-state index >= 15 is 0 Å². The molecular formula is C14H27N3O5. The van der Waals surface area contributed by atoms with E-state index in [1.807, 2.05) is 27.7 Å². The lowest BCUT2D eigenvalue weighted by Crippen LogP contribution is -2.56. The highest BCUT2D eigenvalue weighted by Crippen LogP contribution is 2.12. The van der Waals surface area contributed by atoms with Crippen LogP contribution in [-0.2, 0) is 14.4 Å². The van der Waals surface area contributed by atoms with Crippen molar-refractivity contribution in [3.05, 3.63) is 0 Å². The van der Waals surface area contributed by atoms with Gasteiger partial charge in [0, 0.05) is 6.04 Å². The molecule has 22 heavy (non-hydrogen) atoms. The fraction of sp³-hybridized carbons (Fsp3) is 0.786. The van der Waals surface area contributed by atoms with Crippen LogP contribution in [0.3, 0.4) is 0 Å². The van der Waals surface area contributed by atoms with Crippen LogP contribution in [0.4, 0.5) is 0 Å². The van der Waals surface area contributed by atoms with E-state index in [0.717, 1.165) is 0 Å². The number of hydrogen-bond acceptors (Lipinski definition) is 5. The Morgan fingerprint density at radius 2 is 1.50 bits per heavy atom. The largest absolute Gasteiger partial charge is 0.481 e. The van der Waals surface area contributed by atoms with Gasteiger partial charge in [-0.25, -0.2) is 0 Å². The number of nitrogens with two attached hydrogens (primary N) is 1. The lowest BCUT2D eigenvalue weighted by molar-refractivity contribution is -0.139. The molecule has 2 atom stereocenters. The molecule has 0 fully saturated rings. The standard InChI is InChI=1S/C14H27N3O5/c1-7(2)12(8(3)4)17-14(22)10(6-18)16-13(21)9(15)5-11(19)20/h7-10,12,18H,5-6,15H2,1-4H3,(H,16,21)(H,17,22)(H,19,20)/t9-,10+/m0/s1. The number of hydrogen-bond donors (Lipinski definition) is 5. The van der Waals surface area contributed by atoms with Crippen molar-refractivity contribution in [3.63, 3.8) is 0 Å². The van der Waals surface area contributed by atoms with Gasteiger partial charge < -0.3 is 26.6 Å². The second-order valence-corrected chi connectivity index (χ2v) is 5.97. The quantitative estimate of drug-likeness (QED) is 0.372. The molecule has 0 aromatic rings. The summed E-state index contributed by atoms with van der Waals surface area (Å²) in [6, 6.07) is -2.54. The molecule has 2 amide bonds. The third kappa shape index (κ3) is 6.86.